The fourth-order valence-corrected chi connectivity index (χ4v) is 2.62. The number of hydrogen-bond donors (Lipinski definition) is 2. The van der Waals surface area contributed by atoms with Crippen LogP contribution in [0.2, 0.25) is 0 Å². The maximum absolute atomic E-state index is 12.0. The minimum Gasteiger partial charge on any atom is -0.376 e. The van der Waals surface area contributed by atoms with E-state index in [1.807, 2.05) is 42.1 Å². The van der Waals surface area contributed by atoms with E-state index in [0.29, 0.717) is 5.69 Å². The fraction of sp³-hybridized carbons (Fsp3) is 0.412. The predicted molar refractivity (Wildman–Crippen MR) is 89.6 cm³/mol. The number of carbonyl (C=O) groups excluding carboxylic acids is 1. The maximum Gasteiger partial charge on any atom is 0.323 e. The molecule has 2 aromatic rings. The lowest BCUT2D eigenvalue weighted by Gasteiger charge is -2.22. The van der Waals surface area contributed by atoms with Gasteiger partial charge in [-0.05, 0) is 38.3 Å². The Balaban J connectivity index is 1.51. The van der Waals surface area contributed by atoms with Crippen LogP contribution in [0, 0.1) is 6.92 Å². The second-order valence-corrected chi connectivity index (χ2v) is 5.88. The van der Waals surface area contributed by atoms with Gasteiger partial charge in [-0.3, -0.25) is 4.68 Å². The minimum absolute atomic E-state index is 0.220. The topological polar surface area (TPSA) is 68.2 Å². The number of ether oxygens (including phenoxy) is 1. The molecule has 1 aliphatic heterocycles. The zero-order valence-corrected chi connectivity index (χ0v) is 13.3. The quantitative estimate of drug-likeness (QED) is 0.908. The van der Waals surface area contributed by atoms with E-state index in [1.165, 1.54) is 6.42 Å². The SMILES string of the molecule is Cc1ccc(NC(=O)Nc2cnn(CC3CCCCO3)c2)cc1. The number of anilines is 2. The minimum atomic E-state index is -0.276. The fourth-order valence-electron chi connectivity index (χ4n) is 2.62. The summed E-state index contributed by atoms with van der Waals surface area (Å²) in [4.78, 5) is 12.0. The van der Waals surface area contributed by atoms with Crippen molar-refractivity contribution in [3.63, 3.8) is 0 Å². The van der Waals surface area contributed by atoms with Crippen LogP contribution in [0.25, 0.3) is 0 Å². The molecule has 23 heavy (non-hydrogen) atoms. The molecule has 1 unspecified atom stereocenters. The highest BCUT2D eigenvalue weighted by Crippen LogP contribution is 2.15. The van der Waals surface area contributed by atoms with Gasteiger partial charge in [0.05, 0.1) is 24.5 Å². The van der Waals surface area contributed by atoms with Gasteiger partial charge in [-0.1, -0.05) is 17.7 Å². The summed E-state index contributed by atoms with van der Waals surface area (Å²) >= 11 is 0. The highest BCUT2D eigenvalue weighted by molar-refractivity contribution is 5.99. The molecule has 122 valence electrons. The van der Waals surface area contributed by atoms with Crippen molar-refractivity contribution in [3.8, 4) is 0 Å². The molecular weight excluding hydrogens is 292 g/mol. The molecule has 0 radical (unpaired) electrons. The summed E-state index contributed by atoms with van der Waals surface area (Å²) < 4.78 is 7.52. The molecule has 0 saturated carbocycles. The average Bonchev–Trinajstić information content (AvgIpc) is 2.97. The van der Waals surface area contributed by atoms with E-state index in [-0.39, 0.29) is 12.1 Å². The second-order valence-electron chi connectivity index (χ2n) is 5.88. The Bertz CT molecular complexity index is 645. The van der Waals surface area contributed by atoms with Crippen LogP contribution in [-0.4, -0.2) is 28.5 Å². The van der Waals surface area contributed by atoms with Crippen LogP contribution in [-0.2, 0) is 11.3 Å². The molecule has 0 spiro atoms. The van der Waals surface area contributed by atoms with Crippen LogP contribution in [0.5, 0.6) is 0 Å². The van der Waals surface area contributed by atoms with E-state index < -0.39 is 0 Å². The van der Waals surface area contributed by atoms with E-state index in [4.69, 9.17) is 4.74 Å². The van der Waals surface area contributed by atoms with E-state index in [1.54, 1.807) is 6.20 Å². The number of hydrogen-bond acceptors (Lipinski definition) is 3. The van der Waals surface area contributed by atoms with Gasteiger partial charge in [0.15, 0.2) is 0 Å². The van der Waals surface area contributed by atoms with Gasteiger partial charge in [0.25, 0.3) is 0 Å². The molecular formula is C17H22N4O2. The molecule has 3 rings (SSSR count). The second kappa shape index (κ2) is 7.28. The number of nitrogens with one attached hydrogen (secondary N) is 2. The number of aryl methyl sites for hydroxylation is 1. The van der Waals surface area contributed by atoms with Gasteiger partial charge in [0, 0.05) is 18.5 Å². The number of nitrogens with zero attached hydrogens (tertiary/aromatic N) is 2. The van der Waals surface area contributed by atoms with Crippen LogP contribution in [0.1, 0.15) is 24.8 Å². The molecule has 1 atom stereocenters. The molecule has 2 heterocycles. The Morgan fingerprint density at radius 1 is 1.26 bits per heavy atom. The lowest BCUT2D eigenvalue weighted by atomic mass is 10.1. The van der Waals surface area contributed by atoms with Gasteiger partial charge < -0.3 is 15.4 Å². The van der Waals surface area contributed by atoms with E-state index >= 15 is 0 Å². The summed E-state index contributed by atoms with van der Waals surface area (Å²) in [5.74, 6) is 0. The third kappa shape index (κ3) is 4.56. The first-order valence-corrected chi connectivity index (χ1v) is 7.98. The van der Waals surface area contributed by atoms with Crippen LogP contribution in [0.15, 0.2) is 36.7 Å². The van der Waals surface area contributed by atoms with Crippen LogP contribution >= 0.6 is 0 Å². The third-order valence-corrected chi connectivity index (χ3v) is 3.87. The summed E-state index contributed by atoms with van der Waals surface area (Å²) in [5, 5.41) is 9.86. The van der Waals surface area contributed by atoms with Crippen LogP contribution in [0.3, 0.4) is 0 Å². The van der Waals surface area contributed by atoms with E-state index in [9.17, 15) is 4.79 Å². The summed E-state index contributed by atoms with van der Waals surface area (Å²) in [5.41, 5.74) is 2.59. The lowest BCUT2D eigenvalue weighted by Crippen LogP contribution is -2.24. The normalized spacial score (nSPS) is 17.7. The molecule has 6 nitrogen and oxygen atoms in total. The zero-order valence-electron chi connectivity index (χ0n) is 13.3. The number of urea groups is 1. The summed E-state index contributed by atoms with van der Waals surface area (Å²) in [6, 6.07) is 7.38. The van der Waals surface area contributed by atoms with Crippen molar-refractivity contribution >= 4 is 17.4 Å². The van der Waals surface area contributed by atoms with Gasteiger partial charge in [0.2, 0.25) is 0 Å². The number of rotatable bonds is 4. The number of aromatic nitrogens is 2. The molecule has 2 N–H and O–H groups in total. The number of benzene rings is 1. The lowest BCUT2D eigenvalue weighted by molar-refractivity contribution is 0.00401. The maximum atomic E-state index is 12.0. The molecule has 0 bridgehead atoms. The largest absolute Gasteiger partial charge is 0.376 e. The molecule has 2 amide bonds. The molecule has 1 fully saturated rings. The van der Waals surface area contributed by atoms with Gasteiger partial charge in [-0.2, -0.15) is 5.10 Å². The zero-order chi connectivity index (χ0) is 16.1. The van der Waals surface area contributed by atoms with Crippen LogP contribution in [0.4, 0.5) is 16.2 Å². The molecule has 1 aromatic heterocycles. The third-order valence-electron chi connectivity index (χ3n) is 3.87. The van der Waals surface area contributed by atoms with Crippen molar-refractivity contribution in [2.75, 3.05) is 17.2 Å². The standard InChI is InChI=1S/C17H22N4O2/c1-13-5-7-14(8-6-13)19-17(22)20-15-10-18-21(11-15)12-16-4-2-3-9-23-16/h5-8,10-11,16H,2-4,9,12H2,1H3,(H2,19,20,22). The first-order valence-electron chi connectivity index (χ1n) is 7.98. The van der Waals surface area contributed by atoms with Crippen LogP contribution < -0.4 is 10.6 Å². The number of amides is 2. The molecule has 0 aliphatic carbocycles. The molecule has 1 saturated heterocycles. The number of carbonyl (C=O) groups is 1. The highest BCUT2D eigenvalue weighted by atomic mass is 16.5. The summed E-state index contributed by atoms with van der Waals surface area (Å²) in [6.07, 6.45) is 7.11. The van der Waals surface area contributed by atoms with Crippen molar-refractivity contribution < 1.29 is 9.53 Å². The Hall–Kier alpha value is -2.34. The van der Waals surface area contributed by atoms with Crippen molar-refractivity contribution in [1.82, 2.24) is 9.78 Å². The molecule has 1 aliphatic rings. The average molecular weight is 314 g/mol. The van der Waals surface area contributed by atoms with E-state index in [0.717, 1.165) is 37.2 Å². The highest BCUT2D eigenvalue weighted by Gasteiger charge is 2.15. The van der Waals surface area contributed by atoms with Gasteiger partial charge >= 0.3 is 6.03 Å². The van der Waals surface area contributed by atoms with Crippen molar-refractivity contribution in [2.45, 2.75) is 38.8 Å². The van der Waals surface area contributed by atoms with Crippen molar-refractivity contribution in [1.29, 1.82) is 0 Å². The first kappa shape index (κ1) is 15.6. The molecule has 6 heteroatoms. The van der Waals surface area contributed by atoms with Gasteiger partial charge in [-0.15, -0.1) is 0 Å². The van der Waals surface area contributed by atoms with Gasteiger partial charge in [-0.25, -0.2) is 4.79 Å². The van der Waals surface area contributed by atoms with Crippen molar-refractivity contribution in [2.24, 2.45) is 0 Å². The molecule has 1 aromatic carbocycles. The van der Waals surface area contributed by atoms with Gasteiger partial charge in [0.1, 0.15) is 0 Å². The Kier molecular flexibility index (Phi) is 4.92. The predicted octanol–water partition coefficient (Wildman–Crippen LogP) is 3.40. The smallest absolute Gasteiger partial charge is 0.323 e. The Morgan fingerprint density at radius 2 is 2.04 bits per heavy atom. The Labute approximate surface area is 135 Å². The summed E-state index contributed by atoms with van der Waals surface area (Å²) in [7, 11) is 0. The Morgan fingerprint density at radius 3 is 2.78 bits per heavy atom. The van der Waals surface area contributed by atoms with E-state index in [2.05, 4.69) is 15.7 Å². The monoisotopic (exact) mass is 314 g/mol. The first-order chi connectivity index (χ1) is 11.2. The summed E-state index contributed by atoms with van der Waals surface area (Å²) in [6.45, 7) is 3.56. The van der Waals surface area contributed by atoms with Crippen molar-refractivity contribution in [3.05, 3.63) is 42.2 Å².